The van der Waals surface area contributed by atoms with Gasteiger partial charge in [-0.15, -0.1) is 0 Å². The zero-order chi connectivity index (χ0) is 13.9. The Labute approximate surface area is 112 Å². The first-order valence-electron chi connectivity index (χ1n) is 6.78. The minimum Gasteiger partial charge on any atom is -0.385 e. The molecule has 2 aliphatic rings. The molecule has 1 aliphatic carbocycles. The van der Waals surface area contributed by atoms with Crippen LogP contribution in [0.1, 0.15) is 38.5 Å². The molecule has 4 amide bonds. The first kappa shape index (κ1) is 14.0. The average molecular weight is 268 g/mol. The highest BCUT2D eigenvalue weighted by molar-refractivity contribution is 6.19. The Morgan fingerprint density at radius 2 is 1.95 bits per heavy atom. The second-order valence-electron chi connectivity index (χ2n) is 5.21. The predicted molar refractivity (Wildman–Crippen MR) is 67.3 cm³/mol. The van der Waals surface area contributed by atoms with E-state index in [4.69, 9.17) is 4.74 Å². The van der Waals surface area contributed by atoms with Crippen LogP contribution in [0.3, 0.4) is 0 Å². The normalized spacial score (nSPS) is 21.5. The quantitative estimate of drug-likeness (QED) is 0.577. The van der Waals surface area contributed by atoms with E-state index < -0.39 is 17.4 Å². The molecule has 2 fully saturated rings. The summed E-state index contributed by atoms with van der Waals surface area (Å²) in [5.74, 6) is -0.719. The van der Waals surface area contributed by atoms with Gasteiger partial charge in [0.2, 0.25) is 11.8 Å². The van der Waals surface area contributed by atoms with Crippen molar-refractivity contribution in [2.45, 2.75) is 38.5 Å². The van der Waals surface area contributed by atoms with E-state index >= 15 is 0 Å². The average Bonchev–Trinajstić information content (AvgIpc) is 2.30. The first-order valence-corrected chi connectivity index (χ1v) is 6.78. The van der Waals surface area contributed by atoms with Crippen molar-refractivity contribution in [3.05, 3.63) is 0 Å². The van der Waals surface area contributed by atoms with Crippen molar-refractivity contribution in [3.8, 4) is 0 Å². The lowest BCUT2D eigenvalue weighted by atomic mass is 9.66. The standard InChI is InChI=1S/C13H20N2O4/c1-19-9-4-2-3-8-15-11(17)13(6-5-7-13)10(16)14-12(15)18/h2-9H2,1H3,(H,14,16,18). The maximum Gasteiger partial charge on any atom is 0.330 e. The highest BCUT2D eigenvalue weighted by Gasteiger charge is 2.57. The third-order valence-corrected chi connectivity index (χ3v) is 3.99. The van der Waals surface area contributed by atoms with Crippen LogP contribution in [-0.2, 0) is 14.3 Å². The van der Waals surface area contributed by atoms with E-state index in [0.717, 1.165) is 25.7 Å². The van der Waals surface area contributed by atoms with Crippen LogP contribution in [0.5, 0.6) is 0 Å². The van der Waals surface area contributed by atoms with Crippen molar-refractivity contribution in [3.63, 3.8) is 0 Å². The minimum absolute atomic E-state index is 0.306. The fraction of sp³-hybridized carbons (Fsp3) is 0.769. The molecule has 1 aliphatic heterocycles. The van der Waals surface area contributed by atoms with E-state index in [-0.39, 0.29) is 5.91 Å². The summed E-state index contributed by atoms with van der Waals surface area (Å²) in [6, 6.07) is -0.570. The van der Waals surface area contributed by atoms with Crippen LogP contribution in [-0.4, -0.2) is 43.0 Å². The largest absolute Gasteiger partial charge is 0.385 e. The molecule has 19 heavy (non-hydrogen) atoms. The van der Waals surface area contributed by atoms with E-state index in [1.165, 1.54) is 4.90 Å². The number of amides is 4. The Balaban J connectivity index is 1.90. The van der Waals surface area contributed by atoms with Gasteiger partial charge in [0.25, 0.3) is 0 Å². The number of ether oxygens (including phenoxy) is 1. The zero-order valence-electron chi connectivity index (χ0n) is 11.2. The SMILES string of the molecule is COCCCCCN1C(=O)NC(=O)C2(CCC2)C1=O. The van der Waals surface area contributed by atoms with Gasteiger partial charge in [0.1, 0.15) is 5.41 Å². The molecule has 1 spiro atoms. The molecule has 1 saturated heterocycles. The van der Waals surface area contributed by atoms with Gasteiger partial charge in [-0.2, -0.15) is 0 Å². The van der Waals surface area contributed by atoms with E-state index in [1.54, 1.807) is 7.11 Å². The second-order valence-corrected chi connectivity index (χ2v) is 5.21. The summed E-state index contributed by atoms with van der Waals surface area (Å²) in [6.07, 6.45) is 4.54. The van der Waals surface area contributed by atoms with Crippen LogP contribution in [0.4, 0.5) is 4.79 Å². The van der Waals surface area contributed by atoms with Crippen molar-refractivity contribution in [1.29, 1.82) is 0 Å². The highest BCUT2D eigenvalue weighted by Crippen LogP contribution is 2.44. The van der Waals surface area contributed by atoms with Crippen molar-refractivity contribution >= 4 is 17.8 Å². The molecule has 0 bridgehead atoms. The van der Waals surface area contributed by atoms with Gasteiger partial charge in [0, 0.05) is 20.3 Å². The van der Waals surface area contributed by atoms with E-state index in [2.05, 4.69) is 5.32 Å². The van der Waals surface area contributed by atoms with Crippen LogP contribution < -0.4 is 5.32 Å². The number of hydrogen-bond acceptors (Lipinski definition) is 4. The maximum atomic E-state index is 12.3. The van der Waals surface area contributed by atoms with Crippen molar-refractivity contribution in [2.24, 2.45) is 5.41 Å². The number of carbonyl (C=O) groups is 3. The smallest absolute Gasteiger partial charge is 0.330 e. The number of nitrogens with zero attached hydrogens (tertiary/aromatic N) is 1. The van der Waals surface area contributed by atoms with Crippen LogP contribution in [0.15, 0.2) is 0 Å². The molecule has 106 valence electrons. The monoisotopic (exact) mass is 268 g/mol. The summed E-state index contributed by atoms with van der Waals surface area (Å²) in [4.78, 5) is 37.0. The third-order valence-electron chi connectivity index (χ3n) is 3.99. The Bertz CT molecular complexity index is 390. The molecule has 1 N–H and O–H groups in total. The fourth-order valence-corrected chi connectivity index (χ4v) is 2.60. The van der Waals surface area contributed by atoms with Gasteiger partial charge in [0.15, 0.2) is 0 Å². The van der Waals surface area contributed by atoms with Gasteiger partial charge < -0.3 is 4.74 Å². The Morgan fingerprint density at radius 3 is 2.53 bits per heavy atom. The van der Waals surface area contributed by atoms with Gasteiger partial charge in [0.05, 0.1) is 0 Å². The molecule has 1 saturated carbocycles. The summed E-state index contributed by atoms with van der Waals surface area (Å²) in [5.41, 5.74) is -0.944. The number of rotatable bonds is 6. The van der Waals surface area contributed by atoms with Crippen LogP contribution in [0.25, 0.3) is 0 Å². The molecule has 6 heteroatoms. The lowest BCUT2D eigenvalue weighted by Crippen LogP contribution is -2.66. The number of methoxy groups -OCH3 is 1. The number of barbiturate groups is 1. The minimum atomic E-state index is -0.944. The number of carbonyl (C=O) groups excluding carboxylic acids is 3. The van der Waals surface area contributed by atoms with Gasteiger partial charge in [-0.3, -0.25) is 19.8 Å². The van der Waals surface area contributed by atoms with Crippen molar-refractivity contribution in [1.82, 2.24) is 10.2 Å². The Hall–Kier alpha value is -1.43. The summed E-state index contributed by atoms with van der Waals surface area (Å²) in [7, 11) is 1.65. The van der Waals surface area contributed by atoms with E-state index in [9.17, 15) is 14.4 Å². The van der Waals surface area contributed by atoms with Gasteiger partial charge in [-0.05, 0) is 32.1 Å². The van der Waals surface area contributed by atoms with Crippen LogP contribution in [0.2, 0.25) is 0 Å². The van der Waals surface area contributed by atoms with Crippen LogP contribution >= 0.6 is 0 Å². The molecule has 0 unspecified atom stereocenters. The van der Waals surface area contributed by atoms with E-state index in [0.29, 0.717) is 26.0 Å². The molecule has 2 rings (SSSR count). The molecule has 6 nitrogen and oxygen atoms in total. The summed E-state index contributed by atoms with van der Waals surface area (Å²) >= 11 is 0. The number of unbranched alkanes of at least 4 members (excludes halogenated alkanes) is 2. The topological polar surface area (TPSA) is 75.7 Å². The van der Waals surface area contributed by atoms with Gasteiger partial charge >= 0.3 is 6.03 Å². The molecule has 0 aromatic carbocycles. The molecular weight excluding hydrogens is 248 g/mol. The van der Waals surface area contributed by atoms with Crippen LogP contribution in [0, 0.1) is 5.41 Å². The maximum absolute atomic E-state index is 12.3. The second kappa shape index (κ2) is 5.69. The Kier molecular flexibility index (Phi) is 4.19. The lowest BCUT2D eigenvalue weighted by molar-refractivity contribution is -0.157. The third kappa shape index (κ3) is 2.49. The van der Waals surface area contributed by atoms with Gasteiger partial charge in [-0.1, -0.05) is 6.42 Å². The zero-order valence-corrected chi connectivity index (χ0v) is 11.2. The number of hydrogen-bond donors (Lipinski definition) is 1. The molecule has 0 aromatic rings. The van der Waals surface area contributed by atoms with E-state index in [1.807, 2.05) is 0 Å². The number of urea groups is 1. The molecule has 0 atom stereocenters. The predicted octanol–water partition coefficient (Wildman–Crippen LogP) is 1.05. The molecule has 0 aromatic heterocycles. The summed E-state index contributed by atoms with van der Waals surface area (Å²) < 4.78 is 4.95. The summed E-state index contributed by atoms with van der Waals surface area (Å²) in [5, 5.41) is 2.31. The fourth-order valence-electron chi connectivity index (χ4n) is 2.60. The van der Waals surface area contributed by atoms with Crippen molar-refractivity contribution in [2.75, 3.05) is 20.3 Å². The number of imide groups is 2. The number of nitrogens with one attached hydrogen (secondary N) is 1. The van der Waals surface area contributed by atoms with Crippen molar-refractivity contribution < 1.29 is 19.1 Å². The van der Waals surface area contributed by atoms with Gasteiger partial charge in [-0.25, -0.2) is 4.79 Å². The molecule has 1 heterocycles. The first-order chi connectivity index (χ1) is 9.12. The molecule has 0 radical (unpaired) electrons. The summed E-state index contributed by atoms with van der Waals surface area (Å²) in [6.45, 7) is 1.06. The molecular formula is C13H20N2O4. The highest BCUT2D eigenvalue weighted by atomic mass is 16.5. The lowest BCUT2D eigenvalue weighted by Gasteiger charge is -2.44. The Morgan fingerprint density at radius 1 is 1.21 bits per heavy atom.